The van der Waals surface area contributed by atoms with Crippen LogP contribution in [0.25, 0.3) is 0 Å². The summed E-state index contributed by atoms with van der Waals surface area (Å²) in [5, 5.41) is 2.95. The predicted molar refractivity (Wildman–Crippen MR) is 63.1 cm³/mol. The molecule has 0 fully saturated rings. The standard InChI is InChI=1S/C12H17FN2O2/c1-8(2)6-10(12(16)17-3)15-9-4-5-14-11(13)7-9/h4-5,7-8,10H,6H2,1-3H3,(H,14,15). The van der Waals surface area contributed by atoms with Gasteiger partial charge in [0.2, 0.25) is 5.95 Å². The summed E-state index contributed by atoms with van der Waals surface area (Å²) in [6.07, 6.45) is 1.97. The molecule has 1 aromatic rings. The molecule has 0 bridgehead atoms. The number of hydrogen-bond donors (Lipinski definition) is 1. The molecule has 94 valence electrons. The Morgan fingerprint density at radius 2 is 2.29 bits per heavy atom. The Labute approximate surface area is 100 Å². The maximum absolute atomic E-state index is 12.9. The van der Waals surface area contributed by atoms with Crippen molar-refractivity contribution in [1.82, 2.24) is 4.98 Å². The molecule has 0 aliphatic heterocycles. The quantitative estimate of drug-likeness (QED) is 0.633. The first-order valence-corrected chi connectivity index (χ1v) is 5.49. The Hall–Kier alpha value is -1.65. The van der Waals surface area contributed by atoms with E-state index in [1.165, 1.54) is 19.4 Å². The lowest BCUT2D eigenvalue weighted by Crippen LogP contribution is -2.32. The number of ether oxygens (including phenoxy) is 1. The molecule has 4 nitrogen and oxygen atoms in total. The van der Waals surface area contributed by atoms with Gasteiger partial charge in [0, 0.05) is 18.0 Å². The SMILES string of the molecule is COC(=O)C(CC(C)C)Nc1ccnc(F)c1. The molecule has 0 aromatic carbocycles. The van der Waals surface area contributed by atoms with Gasteiger partial charge in [-0.25, -0.2) is 9.78 Å². The van der Waals surface area contributed by atoms with E-state index < -0.39 is 12.0 Å². The number of pyridine rings is 1. The zero-order valence-electron chi connectivity index (χ0n) is 10.2. The summed E-state index contributed by atoms with van der Waals surface area (Å²) >= 11 is 0. The third-order valence-electron chi connectivity index (χ3n) is 2.26. The van der Waals surface area contributed by atoms with Crippen molar-refractivity contribution in [3.63, 3.8) is 0 Å². The second-order valence-electron chi connectivity index (χ2n) is 4.22. The highest BCUT2D eigenvalue weighted by Crippen LogP contribution is 2.14. The Morgan fingerprint density at radius 1 is 1.59 bits per heavy atom. The Morgan fingerprint density at radius 3 is 2.82 bits per heavy atom. The number of halogens is 1. The molecule has 0 aliphatic rings. The first kappa shape index (κ1) is 13.4. The van der Waals surface area contributed by atoms with Gasteiger partial charge in [0.05, 0.1) is 7.11 Å². The van der Waals surface area contributed by atoms with Gasteiger partial charge in [-0.3, -0.25) is 0 Å². The monoisotopic (exact) mass is 240 g/mol. The van der Waals surface area contributed by atoms with Crippen LogP contribution in [0.15, 0.2) is 18.3 Å². The normalized spacial score (nSPS) is 12.3. The number of hydrogen-bond acceptors (Lipinski definition) is 4. The summed E-state index contributed by atoms with van der Waals surface area (Å²) in [6, 6.07) is 2.39. The van der Waals surface area contributed by atoms with Gasteiger partial charge in [-0.05, 0) is 18.4 Å². The average molecular weight is 240 g/mol. The molecular formula is C12H17FN2O2. The highest BCUT2D eigenvalue weighted by molar-refractivity contribution is 5.79. The number of rotatable bonds is 5. The lowest BCUT2D eigenvalue weighted by atomic mass is 10.0. The number of aromatic nitrogens is 1. The Balaban J connectivity index is 2.75. The third kappa shape index (κ3) is 4.38. The minimum Gasteiger partial charge on any atom is -0.467 e. The van der Waals surface area contributed by atoms with Crippen LogP contribution in [0.2, 0.25) is 0 Å². The van der Waals surface area contributed by atoms with Crippen LogP contribution >= 0.6 is 0 Å². The zero-order chi connectivity index (χ0) is 12.8. The highest BCUT2D eigenvalue weighted by atomic mass is 19.1. The van der Waals surface area contributed by atoms with Crippen molar-refractivity contribution < 1.29 is 13.9 Å². The molecule has 1 aromatic heterocycles. The molecule has 0 aliphatic carbocycles. The second-order valence-corrected chi connectivity index (χ2v) is 4.22. The molecule has 0 amide bonds. The fourth-order valence-corrected chi connectivity index (χ4v) is 1.52. The summed E-state index contributed by atoms with van der Waals surface area (Å²) in [4.78, 5) is 15.0. The Kier molecular flexibility index (Phi) is 4.87. The van der Waals surface area contributed by atoms with Crippen molar-refractivity contribution in [1.29, 1.82) is 0 Å². The van der Waals surface area contributed by atoms with Crippen LogP contribution < -0.4 is 5.32 Å². The molecule has 1 atom stereocenters. The van der Waals surface area contributed by atoms with Gasteiger partial charge in [0.25, 0.3) is 0 Å². The predicted octanol–water partition coefficient (Wildman–Crippen LogP) is 2.22. The fourth-order valence-electron chi connectivity index (χ4n) is 1.52. The summed E-state index contributed by atoms with van der Waals surface area (Å²) < 4.78 is 17.6. The van der Waals surface area contributed by atoms with E-state index in [2.05, 4.69) is 10.3 Å². The van der Waals surface area contributed by atoms with E-state index in [1.54, 1.807) is 6.07 Å². The van der Waals surface area contributed by atoms with E-state index in [9.17, 15) is 9.18 Å². The van der Waals surface area contributed by atoms with Crippen molar-refractivity contribution in [2.75, 3.05) is 12.4 Å². The third-order valence-corrected chi connectivity index (χ3v) is 2.26. The topological polar surface area (TPSA) is 51.2 Å². The van der Waals surface area contributed by atoms with Crippen molar-refractivity contribution in [2.24, 2.45) is 5.92 Å². The molecule has 1 N–H and O–H groups in total. The lowest BCUT2D eigenvalue weighted by Gasteiger charge is -2.19. The summed E-state index contributed by atoms with van der Waals surface area (Å²) in [6.45, 7) is 4.01. The van der Waals surface area contributed by atoms with Gasteiger partial charge < -0.3 is 10.1 Å². The van der Waals surface area contributed by atoms with Crippen LogP contribution in [0.4, 0.5) is 10.1 Å². The first-order valence-electron chi connectivity index (χ1n) is 5.49. The van der Waals surface area contributed by atoms with Gasteiger partial charge >= 0.3 is 5.97 Å². The fraction of sp³-hybridized carbons (Fsp3) is 0.500. The first-order chi connectivity index (χ1) is 8.02. The molecular weight excluding hydrogens is 223 g/mol. The molecule has 0 radical (unpaired) electrons. The molecule has 17 heavy (non-hydrogen) atoms. The van der Waals surface area contributed by atoms with Crippen LogP contribution in [0.5, 0.6) is 0 Å². The van der Waals surface area contributed by atoms with Gasteiger partial charge in [-0.2, -0.15) is 4.39 Å². The number of methoxy groups -OCH3 is 1. The van der Waals surface area contributed by atoms with Crippen molar-refractivity contribution in [3.8, 4) is 0 Å². The van der Waals surface area contributed by atoms with Crippen LogP contribution in [0.1, 0.15) is 20.3 Å². The Bertz CT molecular complexity index is 383. The van der Waals surface area contributed by atoms with E-state index in [0.717, 1.165) is 0 Å². The number of anilines is 1. The van der Waals surface area contributed by atoms with E-state index in [1.807, 2.05) is 13.8 Å². The molecule has 0 saturated carbocycles. The van der Waals surface area contributed by atoms with Gasteiger partial charge in [-0.1, -0.05) is 13.8 Å². The number of carbonyl (C=O) groups is 1. The van der Waals surface area contributed by atoms with E-state index in [4.69, 9.17) is 4.74 Å². The molecule has 0 spiro atoms. The average Bonchev–Trinajstić information content (AvgIpc) is 2.26. The second kappa shape index (κ2) is 6.18. The van der Waals surface area contributed by atoms with E-state index in [-0.39, 0.29) is 5.97 Å². The molecule has 1 heterocycles. The molecule has 1 unspecified atom stereocenters. The molecule has 5 heteroatoms. The van der Waals surface area contributed by atoms with Crippen molar-refractivity contribution >= 4 is 11.7 Å². The van der Waals surface area contributed by atoms with Crippen LogP contribution in [0.3, 0.4) is 0 Å². The number of carbonyl (C=O) groups excluding carboxylic acids is 1. The summed E-state index contributed by atoms with van der Waals surface area (Å²) in [5.41, 5.74) is 0.522. The highest BCUT2D eigenvalue weighted by Gasteiger charge is 2.20. The van der Waals surface area contributed by atoms with Gasteiger partial charge in [-0.15, -0.1) is 0 Å². The number of nitrogens with zero attached hydrogens (tertiary/aromatic N) is 1. The van der Waals surface area contributed by atoms with Crippen LogP contribution in [-0.2, 0) is 9.53 Å². The van der Waals surface area contributed by atoms with E-state index in [0.29, 0.717) is 18.0 Å². The summed E-state index contributed by atoms with van der Waals surface area (Å²) in [5.74, 6) is -0.600. The van der Waals surface area contributed by atoms with Gasteiger partial charge in [0.15, 0.2) is 0 Å². The lowest BCUT2D eigenvalue weighted by molar-refractivity contribution is -0.141. The number of esters is 1. The van der Waals surface area contributed by atoms with Crippen molar-refractivity contribution in [2.45, 2.75) is 26.3 Å². The van der Waals surface area contributed by atoms with Gasteiger partial charge in [0.1, 0.15) is 6.04 Å². The smallest absolute Gasteiger partial charge is 0.328 e. The zero-order valence-corrected chi connectivity index (χ0v) is 10.2. The van der Waals surface area contributed by atoms with Crippen LogP contribution in [-0.4, -0.2) is 24.1 Å². The summed E-state index contributed by atoms with van der Waals surface area (Å²) in [7, 11) is 1.34. The minimum atomic E-state index is -0.580. The largest absolute Gasteiger partial charge is 0.467 e. The van der Waals surface area contributed by atoms with E-state index >= 15 is 0 Å². The maximum Gasteiger partial charge on any atom is 0.328 e. The molecule has 1 rings (SSSR count). The maximum atomic E-state index is 12.9. The number of nitrogens with one attached hydrogen (secondary N) is 1. The van der Waals surface area contributed by atoms with Crippen LogP contribution in [0, 0.1) is 11.9 Å². The minimum absolute atomic E-state index is 0.332. The van der Waals surface area contributed by atoms with Crippen molar-refractivity contribution in [3.05, 3.63) is 24.3 Å². The molecule has 0 saturated heterocycles.